The molecule has 0 radical (unpaired) electrons. The highest BCUT2D eigenvalue weighted by Gasteiger charge is 2.14. The van der Waals surface area contributed by atoms with E-state index in [1.807, 2.05) is 24.6 Å². The Morgan fingerprint density at radius 3 is 2.77 bits per heavy atom. The lowest BCUT2D eigenvalue weighted by Crippen LogP contribution is -2.20. The van der Waals surface area contributed by atoms with Crippen LogP contribution in [-0.2, 0) is 13.6 Å². The topological polar surface area (TPSA) is 52.0 Å². The molecule has 0 fully saturated rings. The molecular formula is C14H18F2N4OS. The summed E-state index contributed by atoms with van der Waals surface area (Å²) in [6.45, 7) is 2.55. The molecule has 0 saturated heterocycles. The maximum Gasteiger partial charge on any atom is 0.289 e. The first kappa shape index (κ1) is 16.7. The summed E-state index contributed by atoms with van der Waals surface area (Å²) in [7, 11) is 3.35. The molecule has 120 valence electrons. The van der Waals surface area contributed by atoms with Crippen LogP contribution < -0.4 is 10.1 Å². The molecule has 0 aliphatic carbocycles. The van der Waals surface area contributed by atoms with Crippen LogP contribution in [0.3, 0.4) is 0 Å². The molecule has 0 aliphatic rings. The number of methoxy groups -OCH3 is 1. The number of benzene rings is 1. The average Bonchev–Trinajstić information content (AvgIpc) is 2.90. The Kier molecular flexibility index (Phi) is 5.73. The monoisotopic (exact) mass is 328 g/mol. The highest BCUT2D eigenvalue weighted by atomic mass is 32.2. The molecule has 2 aromatic rings. The van der Waals surface area contributed by atoms with Crippen molar-refractivity contribution in [3.63, 3.8) is 0 Å². The summed E-state index contributed by atoms with van der Waals surface area (Å²) in [6, 6.07) is 5.28. The third kappa shape index (κ3) is 4.17. The molecule has 1 aromatic heterocycles. The quantitative estimate of drug-likeness (QED) is 0.792. The largest absolute Gasteiger partial charge is 0.496 e. The van der Waals surface area contributed by atoms with Crippen LogP contribution in [0.15, 0.2) is 29.4 Å². The van der Waals surface area contributed by atoms with Crippen molar-refractivity contribution in [2.24, 2.45) is 7.05 Å². The number of rotatable bonds is 7. The fraction of sp³-hybridized carbons (Fsp3) is 0.429. The molecule has 1 atom stereocenters. The van der Waals surface area contributed by atoms with Crippen LogP contribution in [0.2, 0.25) is 0 Å². The number of nitrogens with one attached hydrogen (secondary N) is 1. The van der Waals surface area contributed by atoms with Crippen molar-refractivity contribution >= 4 is 11.8 Å². The maximum atomic E-state index is 12.5. The van der Waals surface area contributed by atoms with Gasteiger partial charge in [-0.2, -0.15) is 8.78 Å². The van der Waals surface area contributed by atoms with E-state index in [9.17, 15) is 8.78 Å². The van der Waals surface area contributed by atoms with E-state index in [0.717, 1.165) is 11.4 Å². The Labute approximate surface area is 132 Å². The molecule has 2 rings (SSSR count). The van der Waals surface area contributed by atoms with E-state index in [4.69, 9.17) is 4.74 Å². The number of nitrogens with zero attached hydrogens (tertiary/aromatic N) is 3. The van der Waals surface area contributed by atoms with E-state index in [0.29, 0.717) is 29.0 Å². The van der Waals surface area contributed by atoms with Crippen LogP contribution >= 0.6 is 11.8 Å². The summed E-state index contributed by atoms with van der Waals surface area (Å²) in [5.41, 5.74) is 0.956. The lowest BCUT2D eigenvalue weighted by molar-refractivity contribution is 0.251. The molecule has 1 heterocycles. The summed E-state index contributed by atoms with van der Waals surface area (Å²) >= 11 is 0.483. The van der Waals surface area contributed by atoms with Gasteiger partial charge in [-0.3, -0.25) is 0 Å². The molecule has 8 heteroatoms. The zero-order valence-electron chi connectivity index (χ0n) is 12.6. The fourth-order valence-corrected chi connectivity index (χ4v) is 2.57. The Morgan fingerprint density at radius 2 is 2.18 bits per heavy atom. The molecule has 0 spiro atoms. The van der Waals surface area contributed by atoms with Crippen molar-refractivity contribution in [3.05, 3.63) is 35.9 Å². The van der Waals surface area contributed by atoms with Crippen LogP contribution in [0.1, 0.15) is 24.4 Å². The molecule has 0 saturated carbocycles. The molecule has 0 bridgehead atoms. The number of aromatic nitrogens is 3. The zero-order chi connectivity index (χ0) is 16.1. The molecule has 0 unspecified atom stereocenters. The van der Waals surface area contributed by atoms with Crippen LogP contribution in [0.4, 0.5) is 8.78 Å². The van der Waals surface area contributed by atoms with E-state index < -0.39 is 5.76 Å². The summed E-state index contributed by atoms with van der Waals surface area (Å²) in [5.74, 6) is -1.19. The van der Waals surface area contributed by atoms with E-state index in [1.54, 1.807) is 18.5 Å². The van der Waals surface area contributed by atoms with Crippen LogP contribution in [-0.4, -0.2) is 27.6 Å². The third-order valence-electron chi connectivity index (χ3n) is 3.28. The molecular weight excluding hydrogens is 310 g/mol. The van der Waals surface area contributed by atoms with Gasteiger partial charge in [0, 0.05) is 13.1 Å². The first-order chi connectivity index (χ1) is 10.5. The number of ether oxygens (including phenoxy) is 1. The predicted molar refractivity (Wildman–Crippen MR) is 81.1 cm³/mol. The van der Waals surface area contributed by atoms with Crippen molar-refractivity contribution in [1.82, 2.24) is 20.1 Å². The number of hydrogen-bond acceptors (Lipinski definition) is 5. The lowest BCUT2D eigenvalue weighted by Gasteiger charge is -2.16. The first-order valence-electron chi connectivity index (χ1n) is 6.70. The van der Waals surface area contributed by atoms with E-state index in [1.165, 1.54) is 7.11 Å². The first-order valence-corrected chi connectivity index (χ1v) is 7.58. The van der Waals surface area contributed by atoms with Gasteiger partial charge in [-0.25, -0.2) is 0 Å². The van der Waals surface area contributed by atoms with Gasteiger partial charge in [0.25, 0.3) is 5.76 Å². The van der Waals surface area contributed by atoms with Crippen molar-refractivity contribution in [1.29, 1.82) is 0 Å². The Hall–Kier alpha value is -1.67. The van der Waals surface area contributed by atoms with Crippen LogP contribution in [0.5, 0.6) is 5.75 Å². The average molecular weight is 328 g/mol. The Bertz CT molecular complexity index is 621. The number of thioether (sulfide) groups is 1. The molecule has 5 nitrogen and oxygen atoms in total. The number of halogens is 2. The van der Waals surface area contributed by atoms with Gasteiger partial charge in [-0.1, -0.05) is 17.8 Å². The number of aryl methyl sites for hydroxylation is 1. The van der Waals surface area contributed by atoms with Gasteiger partial charge < -0.3 is 14.6 Å². The van der Waals surface area contributed by atoms with Crippen LogP contribution in [0.25, 0.3) is 0 Å². The Balaban J connectivity index is 2.06. The second-order valence-electron chi connectivity index (χ2n) is 4.75. The maximum absolute atomic E-state index is 12.5. The normalized spacial score (nSPS) is 12.6. The van der Waals surface area contributed by atoms with E-state index in [2.05, 4.69) is 15.5 Å². The van der Waals surface area contributed by atoms with Crippen molar-refractivity contribution in [2.75, 3.05) is 7.11 Å². The van der Waals surface area contributed by atoms with Gasteiger partial charge >= 0.3 is 0 Å². The zero-order valence-corrected chi connectivity index (χ0v) is 13.4. The highest BCUT2D eigenvalue weighted by Crippen LogP contribution is 2.35. The van der Waals surface area contributed by atoms with Gasteiger partial charge in [0.1, 0.15) is 17.9 Å². The standard InChI is InChI=1S/C14H18F2N4OS/c1-9(17-7-13-19-18-8-20(13)2)10-4-5-12(22-14(15)16)11(6-10)21-3/h4-6,8-9,14,17H,7H2,1-3H3/t9-/m0/s1. The number of alkyl halides is 2. The van der Waals surface area contributed by atoms with E-state index >= 15 is 0 Å². The second kappa shape index (κ2) is 7.55. The highest BCUT2D eigenvalue weighted by molar-refractivity contribution is 7.99. The second-order valence-corrected chi connectivity index (χ2v) is 5.78. The molecule has 22 heavy (non-hydrogen) atoms. The minimum absolute atomic E-state index is 0.0243. The van der Waals surface area contributed by atoms with Gasteiger partial charge in [0.15, 0.2) is 0 Å². The number of hydrogen-bond donors (Lipinski definition) is 1. The fourth-order valence-electron chi connectivity index (χ4n) is 1.98. The summed E-state index contributed by atoms with van der Waals surface area (Å²) < 4.78 is 32.0. The smallest absolute Gasteiger partial charge is 0.289 e. The third-order valence-corrected chi connectivity index (χ3v) is 4.04. The van der Waals surface area contributed by atoms with Gasteiger partial charge in [-0.05, 0) is 24.6 Å². The van der Waals surface area contributed by atoms with Crippen molar-refractivity contribution < 1.29 is 13.5 Å². The van der Waals surface area contributed by atoms with Crippen molar-refractivity contribution in [3.8, 4) is 5.75 Å². The summed E-state index contributed by atoms with van der Waals surface area (Å²) in [5, 5.41) is 11.1. The molecule has 0 amide bonds. The van der Waals surface area contributed by atoms with Gasteiger partial charge in [0.05, 0.1) is 18.6 Å². The minimum Gasteiger partial charge on any atom is -0.496 e. The van der Waals surface area contributed by atoms with Crippen LogP contribution in [0, 0.1) is 0 Å². The van der Waals surface area contributed by atoms with Crippen molar-refractivity contribution in [2.45, 2.75) is 30.2 Å². The Morgan fingerprint density at radius 1 is 1.41 bits per heavy atom. The summed E-state index contributed by atoms with van der Waals surface area (Å²) in [6.07, 6.45) is 1.64. The van der Waals surface area contributed by atoms with E-state index in [-0.39, 0.29) is 6.04 Å². The molecule has 0 aliphatic heterocycles. The van der Waals surface area contributed by atoms with Gasteiger partial charge in [-0.15, -0.1) is 10.2 Å². The summed E-state index contributed by atoms with van der Waals surface area (Å²) in [4.78, 5) is 0.432. The lowest BCUT2D eigenvalue weighted by atomic mass is 10.1. The SMILES string of the molecule is COc1cc([C@H](C)NCc2nncn2C)ccc1SC(F)F. The minimum atomic E-state index is -2.47. The predicted octanol–water partition coefficient (Wildman–Crippen LogP) is 2.99. The van der Waals surface area contributed by atoms with Gasteiger partial charge in [0.2, 0.25) is 0 Å². The molecule has 1 N–H and O–H groups in total. The molecule has 1 aromatic carbocycles.